The Balaban J connectivity index is 2.47. The maximum atomic E-state index is 12.0. The molecule has 0 saturated carbocycles. The van der Waals surface area contributed by atoms with Crippen LogP contribution in [0.3, 0.4) is 0 Å². The number of ether oxygens (including phenoxy) is 1. The van der Waals surface area contributed by atoms with E-state index in [2.05, 4.69) is 4.74 Å². The smallest absolute Gasteiger partial charge is 0.359 e. The van der Waals surface area contributed by atoms with Crippen LogP contribution in [0.25, 0.3) is 0 Å². The lowest BCUT2D eigenvalue weighted by Crippen LogP contribution is -2.47. The van der Waals surface area contributed by atoms with E-state index < -0.39 is 18.9 Å². The molecular weight excluding hydrogens is 247 g/mol. The molecule has 0 aromatic carbocycles. The third-order valence-corrected chi connectivity index (χ3v) is 3.03. The van der Waals surface area contributed by atoms with Gasteiger partial charge in [0.15, 0.2) is 0 Å². The lowest BCUT2D eigenvalue weighted by atomic mass is 9.91. The zero-order chi connectivity index (χ0) is 13.9. The number of hydrogen-bond acceptors (Lipinski definition) is 2. The molecule has 0 bridgehead atoms. The molecular formula is C12H20F3NO2. The van der Waals surface area contributed by atoms with Crippen LogP contribution in [-0.2, 0) is 9.53 Å². The Labute approximate surface area is 105 Å². The molecule has 106 valence electrons. The van der Waals surface area contributed by atoms with E-state index in [0.29, 0.717) is 24.9 Å². The SMILES string of the molecule is CC1CC(C)CN(C(=O)C(C)OCC(F)(F)F)C1. The van der Waals surface area contributed by atoms with Gasteiger partial charge in [-0.05, 0) is 25.2 Å². The van der Waals surface area contributed by atoms with Gasteiger partial charge in [0.2, 0.25) is 0 Å². The Morgan fingerprint density at radius 1 is 1.33 bits per heavy atom. The van der Waals surface area contributed by atoms with E-state index in [0.717, 1.165) is 6.42 Å². The van der Waals surface area contributed by atoms with E-state index in [9.17, 15) is 18.0 Å². The summed E-state index contributed by atoms with van der Waals surface area (Å²) in [6.07, 6.45) is -4.39. The van der Waals surface area contributed by atoms with Gasteiger partial charge in [-0.25, -0.2) is 0 Å². The molecule has 18 heavy (non-hydrogen) atoms. The maximum Gasteiger partial charge on any atom is 0.411 e. The average Bonchev–Trinajstić information content (AvgIpc) is 2.22. The topological polar surface area (TPSA) is 29.5 Å². The number of alkyl halides is 3. The minimum atomic E-state index is -4.39. The second-order valence-corrected chi connectivity index (χ2v) is 5.26. The molecule has 0 aromatic rings. The monoisotopic (exact) mass is 267 g/mol. The highest BCUT2D eigenvalue weighted by atomic mass is 19.4. The fourth-order valence-corrected chi connectivity index (χ4v) is 2.39. The van der Waals surface area contributed by atoms with Crippen LogP contribution >= 0.6 is 0 Å². The van der Waals surface area contributed by atoms with Crippen molar-refractivity contribution in [3.8, 4) is 0 Å². The van der Waals surface area contributed by atoms with Crippen LogP contribution in [0.5, 0.6) is 0 Å². The first-order valence-corrected chi connectivity index (χ1v) is 6.16. The predicted molar refractivity (Wildman–Crippen MR) is 61.0 cm³/mol. The van der Waals surface area contributed by atoms with Gasteiger partial charge in [-0.3, -0.25) is 4.79 Å². The molecule has 1 fully saturated rings. The molecule has 0 spiro atoms. The van der Waals surface area contributed by atoms with E-state index in [4.69, 9.17) is 0 Å². The van der Waals surface area contributed by atoms with Gasteiger partial charge in [-0.2, -0.15) is 13.2 Å². The van der Waals surface area contributed by atoms with Crippen molar-refractivity contribution in [1.29, 1.82) is 0 Å². The molecule has 1 rings (SSSR count). The highest BCUT2D eigenvalue weighted by Crippen LogP contribution is 2.22. The Morgan fingerprint density at radius 3 is 2.28 bits per heavy atom. The quantitative estimate of drug-likeness (QED) is 0.786. The molecule has 0 aromatic heterocycles. The molecule has 0 aliphatic carbocycles. The molecule has 1 saturated heterocycles. The third kappa shape index (κ3) is 4.84. The Bertz CT molecular complexity index is 284. The van der Waals surface area contributed by atoms with E-state index in [-0.39, 0.29) is 5.91 Å². The third-order valence-electron chi connectivity index (χ3n) is 3.03. The Kier molecular flexibility index (Phi) is 5.01. The average molecular weight is 267 g/mol. The molecule has 6 heteroatoms. The van der Waals surface area contributed by atoms with Gasteiger partial charge in [-0.15, -0.1) is 0 Å². The molecule has 1 aliphatic rings. The first kappa shape index (κ1) is 15.3. The Morgan fingerprint density at radius 2 is 1.83 bits per heavy atom. The number of nitrogens with zero attached hydrogens (tertiary/aromatic N) is 1. The summed E-state index contributed by atoms with van der Waals surface area (Å²) in [6.45, 7) is 5.27. The number of likely N-dealkylation sites (tertiary alicyclic amines) is 1. The second kappa shape index (κ2) is 5.91. The largest absolute Gasteiger partial charge is 0.411 e. The van der Waals surface area contributed by atoms with Crippen molar-refractivity contribution in [2.45, 2.75) is 39.5 Å². The number of rotatable bonds is 3. The van der Waals surface area contributed by atoms with E-state index in [1.165, 1.54) is 6.92 Å². The standard InChI is InChI=1S/C12H20F3NO2/c1-8-4-9(2)6-16(5-8)11(17)10(3)18-7-12(13,14)15/h8-10H,4-7H2,1-3H3. The fraction of sp³-hybridized carbons (Fsp3) is 0.917. The number of carbonyl (C=O) groups is 1. The van der Waals surface area contributed by atoms with Crippen molar-refractivity contribution in [1.82, 2.24) is 4.90 Å². The van der Waals surface area contributed by atoms with Gasteiger partial charge in [0, 0.05) is 13.1 Å². The molecule has 1 amide bonds. The number of hydrogen-bond donors (Lipinski definition) is 0. The summed E-state index contributed by atoms with van der Waals surface area (Å²) in [5, 5.41) is 0. The van der Waals surface area contributed by atoms with Crippen LogP contribution in [-0.4, -0.2) is 42.8 Å². The van der Waals surface area contributed by atoms with Crippen LogP contribution in [0, 0.1) is 11.8 Å². The van der Waals surface area contributed by atoms with Crippen molar-refractivity contribution in [2.24, 2.45) is 11.8 Å². The first-order valence-electron chi connectivity index (χ1n) is 6.16. The number of carbonyl (C=O) groups excluding carboxylic acids is 1. The summed E-state index contributed by atoms with van der Waals surface area (Å²) >= 11 is 0. The lowest BCUT2D eigenvalue weighted by molar-refractivity contribution is -0.189. The Hall–Kier alpha value is -0.780. The molecule has 1 aliphatic heterocycles. The van der Waals surface area contributed by atoms with Crippen molar-refractivity contribution in [3.05, 3.63) is 0 Å². The van der Waals surface area contributed by atoms with Gasteiger partial charge in [0.1, 0.15) is 12.7 Å². The van der Waals surface area contributed by atoms with Gasteiger partial charge < -0.3 is 9.64 Å². The number of halogens is 3. The normalized spacial score (nSPS) is 27.1. The van der Waals surface area contributed by atoms with Crippen LogP contribution in [0.2, 0.25) is 0 Å². The summed E-state index contributed by atoms with van der Waals surface area (Å²) in [6, 6.07) is 0. The van der Waals surface area contributed by atoms with Crippen LogP contribution in [0.1, 0.15) is 27.2 Å². The summed E-state index contributed by atoms with van der Waals surface area (Å²) in [5.41, 5.74) is 0. The van der Waals surface area contributed by atoms with Crippen LogP contribution < -0.4 is 0 Å². The van der Waals surface area contributed by atoms with Gasteiger partial charge >= 0.3 is 6.18 Å². The maximum absolute atomic E-state index is 12.0. The lowest BCUT2D eigenvalue weighted by Gasteiger charge is -2.36. The van der Waals surface area contributed by atoms with E-state index >= 15 is 0 Å². The fourth-order valence-electron chi connectivity index (χ4n) is 2.39. The second-order valence-electron chi connectivity index (χ2n) is 5.26. The first-order chi connectivity index (χ1) is 8.19. The minimum Gasteiger partial charge on any atom is -0.359 e. The highest BCUT2D eigenvalue weighted by molar-refractivity contribution is 5.80. The predicted octanol–water partition coefficient (Wildman–Crippen LogP) is 2.46. The molecule has 0 N–H and O–H groups in total. The zero-order valence-electron chi connectivity index (χ0n) is 11.0. The highest BCUT2D eigenvalue weighted by Gasteiger charge is 2.32. The summed E-state index contributed by atoms with van der Waals surface area (Å²) < 4.78 is 40.6. The molecule has 3 atom stereocenters. The van der Waals surface area contributed by atoms with E-state index in [1.807, 2.05) is 13.8 Å². The van der Waals surface area contributed by atoms with Crippen molar-refractivity contribution >= 4 is 5.91 Å². The summed E-state index contributed by atoms with van der Waals surface area (Å²) in [7, 11) is 0. The summed E-state index contributed by atoms with van der Waals surface area (Å²) in [5.74, 6) is 0.415. The van der Waals surface area contributed by atoms with Gasteiger partial charge in [0.25, 0.3) is 5.91 Å². The molecule has 0 radical (unpaired) electrons. The molecule has 3 unspecified atom stereocenters. The van der Waals surface area contributed by atoms with Gasteiger partial charge in [0.05, 0.1) is 0 Å². The molecule has 3 nitrogen and oxygen atoms in total. The van der Waals surface area contributed by atoms with Crippen molar-refractivity contribution < 1.29 is 22.7 Å². The number of amides is 1. The van der Waals surface area contributed by atoms with Crippen molar-refractivity contribution in [3.63, 3.8) is 0 Å². The van der Waals surface area contributed by atoms with E-state index in [1.54, 1.807) is 4.90 Å². The van der Waals surface area contributed by atoms with Crippen LogP contribution in [0.4, 0.5) is 13.2 Å². The minimum absolute atomic E-state index is 0.349. The van der Waals surface area contributed by atoms with Crippen molar-refractivity contribution in [2.75, 3.05) is 19.7 Å². The van der Waals surface area contributed by atoms with Crippen LogP contribution in [0.15, 0.2) is 0 Å². The zero-order valence-corrected chi connectivity index (χ0v) is 11.0. The van der Waals surface area contributed by atoms with Gasteiger partial charge in [-0.1, -0.05) is 13.8 Å². The summed E-state index contributed by atoms with van der Waals surface area (Å²) in [4.78, 5) is 13.6. The molecule has 1 heterocycles. The number of piperidine rings is 1.